The van der Waals surface area contributed by atoms with Gasteiger partial charge in [-0.1, -0.05) is 30.3 Å². The number of hydrogen-bond acceptors (Lipinski definition) is 5. The smallest absolute Gasteiger partial charge is 0.270 e. The maximum atomic E-state index is 12.0. The van der Waals surface area contributed by atoms with E-state index in [0.29, 0.717) is 18.2 Å². The van der Waals surface area contributed by atoms with Crippen LogP contribution in [0.5, 0.6) is 5.75 Å². The number of nitrogens with zero attached hydrogens (tertiary/aromatic N) is 2. The van der Waals surface area contributed by atoms with Crippen LogP contribution >= 0.6 is 0 Å². The highest BCUT2D eigenvalue weighted by molar-refractivity contribution is 5.92. The molecule has 1 amide bonds. The molecule has 0 saturated carbocycles. The summed E-state index contributed by atoms with van der Waals surface area (Å²) in [5.74, 6) is 0.917. The van der Waals surface area contributed by atoms with Crippen molar-refractivity contribution >= 4 is 17.5 Å². The Labute approximate surface area is 158 Å². The summed E-state index contributed by atoms with van der Waals surface area (Å²) in [4.78, 5) is 20.5. The van der Waals surface area contributed by atoms with Crippen molar-refractivity contribution in [2.24, 2.45) is 0 Å². The number of rotatable bonds is 7. The van der Waals surface area contributed by atoms with Crippen LogP contribution in [0.2, 0.25) is 0 Å². The van der Waals surface area contributed by atoms with E-state index in [2.05, 4.69) is 20.6 Å². The summed E-state index contributed by atoms with van der Waals surface area (Å²) in [7, 11) is 0. The number of carbonyl (C=O) groups excluding carboxylic acids is 1. The Kier molecular flexibility index (Phi) is 5.99. The number of aromatic nitrogens is 2. The van der Waals surface area contributed by atoms with Crippen molar-refractivity contribution in [3.63, 3.8) is 0 Å². The topological polar surface area (TPSA) is 76.1 Å². The Morgan fingerprint density at radius 1 is 1.04 bits per heavy atom. The lowest BCUT2D eigenvalue weighted by Gasteiger charge is -2.10. The largest absolute Gasteiger partial charge is 0.489 e. The minimum Gasteiger partial charge on any atom is -0.489 e. The Morgan fingerprint density at radius 2 is 1.78 bits per heavy atom. The number of benzene rings is 2. The molecule has 0 spiro atoms. The molecule has 2 N–H and O–H groups in total. The van der Waals surface area contributed by atoms with Crippen molar-refractivity contribution in [1.29, 1.82) is 0 Å². The van der Waals surface area contributed by atoms with Crippen LogP contribution in [0.4, 0.5) is 11.6 Å². The average Bonchev–Trinajstić information content (AvgIpc) is 2.68. The van der Waals surface area contributed by atoms with Crippen LogP contribution < -0.4 is 15.4 Å². The van der Waals surface area contributed by atoms with Crippen LogP contribution in [0.1, 0.15) is 29.9 Å². The maximum Gasteiger partial charge on any atom is 0.270 e. The molecule has 138 valence electrons. The molecule has 0 unspecified atom stereocenters. The molecule has 0 saturated heterocycles. The van der Waals surface area contributed by atoms with E-state index in [4.69, 9.17) is 4.74 Å². The fourth-order valence-electron chi connectivity index (χ4n) is 2.39. The predicted octanol–water partition coefficient (Wildman–Crippen LogP) is 3.94. The van der Waals surface area contributed by atoms with Gasteiger partial charge in [-0.25, -0.2) is 9.97 Å². The first-order chi connectivity index (χ1) is 13.1. The molecular formula is C21H22N4O2. The van der Waals surface area contributed by atoms with Gasteiger partial charge in [-0.3, -0.25) is 4.79 Å². The molecule has 0 aliphatic heterocycles. The number of hydrogen-bond donors (Lipinski definition) is 2. The molecule has 6 nitrogen and oxygen atoms in total. The van der Waals surface area contributed by atoms with Gasteiger partial charge < -0.3 is 15.4 Å². The predicted molar refractivity (Wildman–Crippen MR) is 105 cm³/mol. The van der Waals surface area contributed by atoms with Gasteiger partial charge in [-0.05, 0) is 49.7 Å². The van der Waals surface area contributed by atoms with Gasteiger partial charge in [0.15, 0.2) is 0 Å². The van der Waals surface area contributed by atoms with Gasteiger partial charge in [0.05, 0.1) is 0 Å². The molecule has 0 bridgehead atoms. The zero-order valence-corrected chi connectivity index (χ0v) is 15.3. The highest BCUT2D eigenvalue weighted by Crippen LogP contribution is 2.19. The van der Waals surface area contributed by atoms with Crippen molar-refractivity contribution in [3.05, 3.63) is 78.1 Å². The van der Waals surface area contributed by atoms with Gasteiger partial charge in [0.1, 0.15) is 18.1 Å². The van der Waals surface area contributed by atoms with Gasteiger partial charge in [0.2, 0.25) is 5.95 Å². The number of anilines is 2. The summed E-state index contributed by atoms with van der Waals surface area (Å²) in [5, 5.41) is 5.91. The van der Waals surface area contributed by atoms with E-state index in [1.165, 1.54) is 0 Å². The summed E-state index contributed by atoms with van der Waals surface area (Å²) in [6.45, 7) is 4.32. The lowest BCUT2D eigenvalue weighted by atomic mass is 10.2. The molecule has 0 fully saturated rings. The summed E-state index contributed by atoms with van der Waals surface area (Å²) >= 11 is 0. The lowest BCUT2D eigenvalue weighted by molar-refractivity contribution is 0.0938. The number of carbonyl (C=O) groups is 1. The standard InChI is InChI=1S/C21H22N4O2/c1-15(2)23-20(26)19-12-13-22-21(25-19)24-17-8-10-18(11-9-17)27-14-16-6-4-3-5-7-16/h3-13,15H,14H2,1-2H3,(H,23,26)(H,22,24,25). The Balaban J connectivity index is 1.60. The zero-order valence-electron chi connectivity index (χ0n) is 15.3. The Morgan fingerprint density at radius 3 is 2.48 bits per heavy atom. The summed E-state index contributed by atoms with van der Waals surface area (Å²) in [6, 6.07) is 19.1. The molecule has 0 radical (unpaired) electrons. The highest BCUT2D eigenvalue weighted by Gasteiger charge is 2.10. The zero-order chi connectivity index (χ0) is 19.1. The van der Waals surface area contributed by atoms with Crippen molar-refractivity contribution in [2.45, 2.75) is 26.5 Å². The Hall–Kier alpha value is -3.41. The van der Waals surface area contributed by atoms with Gasteiger partial charge in [-0.15, -0.1) is 0 Å². The van der Waals surface area contributed by atoms with E-state index < -0.39 is 0 Å². The molecule has 6 heteroatoms. The summed E-state index contributed by atoms with van der Waals surface area (Å²) in [6.07, 6.45) is 1.56. The average molecular weight is 362 g/mol. The molecule has 0 aliphatic rings. The molecule has 0 atom stereocenters. The molecule has 3 rings (SSSR count). The van der Waals surface area contributed by atoms with E-state index in [1.807, 2.05) is 68.4 Å². The van der Waals surface area contributed by atoms with E-state index >= 15 is 0 Å². The molecule has 3 aromatic rings. The summed E-state index contributed by atoms with van der Waals surface area (Å²) < 4.78 is 5.77. The molecule has 1 heterocycles. The second kappa shape index (κ2) is 8.80. The van der Waals surface area contributed by atoms with Gasteiger partial charge in [0.25, 0.3) is 5.91 Å². The molecule has 2 aromatic carbocycles. The number of nitrogens with one attached hydrogen (secondary N) is 2. The molecule has 1 aromatic heterocycles. The van der Waals surface area contributed by atoms with Gasteiger partial charge in [-0.2, -0.15) is 0 Å². The lowest BCUT2D eigenvalue weighted by Crippen LogP contribution is -2.30. The van der Waals surface area contributed by atoms with Crippen molar-refractivity contribution < 1.29 is 9.53 Å². The van der Waals surface area contributed by atoms with E-state index in [1.54, 1.807) is 12.3 Å². The fourth-order valence-corrected chi connectivity index (χ4v) is 2.39. The second-order valence-electron chi connectivity index (χ2n) is 6.32. The Bertz CT molecular complexity index is 880. The van der Waals surface area contributed by atoms with Crippen LogP contribution in [0.3, 0.4) is 0 Å². The SMILES string of the molecule is CC(C)NC(=O)c1ccnc(Nc2ccc(OCc3ccccc3)cc2)n1. The first-order valence-corrected chi connectivity index (χ1v) is 8.78. The molecule has 0 aliphatic carbocycles. The highest BCUT2D eigenvalue weighted by atomic mass is 16.5. The van der Waals surface area contributed by atoms with Crippen molar-refractivity contribution in [1.82, 2.24) is 15.3 Å². The minimum atomic E-state index is -0.222. The van der Waals surface area contributed by atoms with E-state index in [0.717, 1.165) is 17.0 Å². The number of amides is 1. The number of ether oxygens (including phenoxy) is 1. The molecule has 27 heavy (non-hydrogen) atoms. The third kappa shape index (κ3) is 5.54. The maximum absolute atomic E-state index is 12.0. The summed E-state index contributed by atoms with van der Waals surface area (Å²) in [5.41, 5.74) is 2.25. The second-order valence-corrected chi connectivity index (χ2v) is 6.32. The fraction of sp³-hybridized carbons (Fsp3) is 0.190. The molecular weight excluding hydrogens is 340 g/mol. The monoisotopic (exact) mass is 362 g/mol. The first-order valence-electron chi connectivity index (χ1n) is 8.78. The van der Waals surface area contributed by atoms with Gasteiger partial charge >= 0.3 is 0 Å². The van der Waals surface area contributed by atoms with E-state index in [9.17, 15) is 4.79 Å². The van der Waals surface area contributed by atoms with Crippen LogP contribution in [0.25, 0.3) is 0 Å². The van der Waals surface area contributed by atoms with Crippen LogP contribution in [-0.2, 0) is 6.61 Å². The minimum absolute atomic E-state index is 0.0484. The van der Waals surface area contributed by atoms with Crippen LogP contribution in [0.15, 0.2) is 66.9 Å². The quantitative estimate of drug-likeness (QED) is 0.666. The third-order valence-corrected chi connectivity index (χ3v) is 3.67. The van der Waals surface area contributed by atoms with Crippen LogP contribution in [0, 0.1) is 0 Å². The van der Waals surface area contributed by atoms with Crippen molar-refractivity contribution in [2.75, 3.05) is 5.32 Å². The van der Waals surface area contributed by atoms with Gasteiger partial charge in [0, 0.05) is 17.9 Å². The van der Waals surface area contributed by atoms with Crippen LogP contribution in [-0.4, -0.2) is 21.9 Å². The third-order valence-electron chi connectivity index (χ3n) is 3.67. The van der Waals surface area contributed by atoms with Crippen molar-refractivity contribution in [3.8, 4) is 5.75 Å². The van der Waals surface area contributed by atoms with E-state index in [-0.39, 0.29) is 11.9 Å². The first kappa shape index (κ1) is 18.4. The normalized spacial score (nSPS) is 10.5.